The van der Waals surface area contributed by atoms with Crippen molar-refractivity contribution in [1.29, 1.82) is 0 Å². The molecular weight excluding hydrogens is 182 g/mol. The minimum atomic E-state index is -0.870. The van der Waals surface area contributed by atoms with Crippen LogP contribution in [0.5, 0.6) is 0 Å². The van der Waals surface area contributed by atoms with Gasteiger partial charge in [-0.05, 0) is 0 Å². The second-order valence-corrected chi connectivity index (χ2v) is 1.33. The summed E-state index contributed by atoms with van der Waals surface area (Å²) in [6, 6.07) is 0. The van der Waals surface area contributed by atoms with Crippen LogP contribution in [0.3, 0.4) is 0 Å². The molecule has 0 unspecified atom stereocenters. The molecular formula is CH3AgNO3. The molecule has 0 atom stereocenters. The minimum absolute atomic E-state index is 0.794. The average Bonchev–Trinajstić information content (AvgIpc) is 1.65. The summed E-state index contributed by atoms with van der Waals surface area (Å²) in [5, 5.41) is 0. The van der Waals surface area contributed by atoms with E-state index in [1.165, 1.54) is 0 Å². The summed E-state index contributed by atoms with van der Waals surface area (Å²) in [6.45, 7) is 0. The molecule has 5 heteroatoms. The molecule has 41 valence electrons. The van der Waals surface area contributed by atoms with Crippen LogP contribution in [0, 0.1) is 0 Å². The first-order chi connectivity index (χ1) is 2.81. The molecule has 0 aliphatic rings. The van der Waals surface area contributed by atoms with Crippen molar-refractivity contribution in [3.63, 3.8) is 0 Å². The van der Waals surface area contributed by atoms with Crippen LogP contribution in [0.15, 0.2) is 0 Å². The Morgan fingerprint density at radius 3 is 2.50 bits per heavy atom. The fourth-order valence-electron chi connectivity index (χ4n) is 0.0159. The van der Waals surface area contributed by atoms with Crippen LogP contribution >= 0.6 is 0 Å². The van der Waals surface area contributed by atoms with Gasteiger partial charge in [0, 0.05) is 0 Å². The Kier molecular flexibility index (Phi) is 3.40. The van der Waals surface area contributed by atoms with Gasteiger partial charge in [0.1, 0.15) is 0 Å². The van der Waals surface area contributed by atoms with E-state index >= 15 is 0 Å². The van der Waals surface area contributed by atoms with Gasteiger partial charge in [0.05, 0.1) is 0 Å². The first-order valence-electron chi connectivity index (χ1n) is 0.930. The van der Waals surface area contributed by atoms with E-state index in [1.807, 2.05) is 0 Å². The van der Waals surface area contributed by atoms with Gasteiger partial charge in [-0.3, -0.25) is 0 Å². The van der Waals surface area contributed by atoms with Crippen molar-refractivity contribution < 1.29 is 33.4 Å². The van der Waals surface area contributed by atoms with Crippen molar-refractivity contribution >= 4 is 4.19 Å². The average molecular weight is 185 g/mol. The van der Waals surface area contributed by atoms with Crippen LogP contribution < -0.4 is 5.90 Å². The van der Waals surface area contributed by atoms with Gasteiger partial charge in [-0.2, -0.15) is 0 Å². The summed E-state index contributed by atoms with van der Waals surface area (Å²) in [6.07, 6.45) is 0. The Labute approximate surface area is 44.0 Å². The molecule has 0 aliphatic heterocycles. The Balaban J connectivity index is 2.99. The van der Waals surface area contributed by atoms with Crippen molar-refractivity contribution in [3.8, 4) is 0 Å². The summed E-state index contributed by atoms with van der Waals surface area (Å²) in [7, 11) is 0. The quantitative estimate of drug-likeness (QED) is 0.405. The summed E-state index contributed by atoms with van der Waals surface area (Å²) in [5.74, 6) is 4.28. The second kappa shape index (κ2) is 3.33. The second-order valence-electron chi connectivity index (χ2n) is 0.392. The van der Waals surface area contributed by atoms with Gasteiger partial charge < -0.3 is 0 Å². The first kappa shape index (κ1) is 6.13. The summed E-state index contributed by atoms with van der Waals surface area (Å²) < 4.78 is 7.02. The van der Waals surface area contributed by atoms with E-state index in [4.69, 9.17) is 3.61 Å². The molecule has 0 spiro atoms. The molecule has 0 saturated carbocycles. The molecule has 6 heavy (non-hydrogen) atoms. The normalized spacial score (nSPS) is 8.33. The van der Waals surface area contributed by atoms with Gasteiger partial charge in [-0.25, -0.2) is 0 Å². The summed E-state index contributed by atoms with van der Waals surface area (Å²) in [5.41, 5.74) is 0. The molecule has 0 fully saturated rings. The van der Waals surface area contributed by atoms with Crippen LogP contribution in [-0.2, 0) is 25.0 Å². The standard InChI is InChI=1S/CH2NO2.Ag.H2O/c2-4-1-3;;/h2H2;;1H2/q;+1;/p-1. The van der Waals surface area contributed by atoms with Crippen molar-refractivity contribution in [1.82, 2.24) is 0 Å². The third kappa shape index (κ3) is 2.37. The van der Waals surface area contributed by atoms with E-state index < -0.39 is 24.3 Å². The molecule has 0 bridgehead atoms. The van der Waals surface area contributed by atoms with Crippen LogP contribution in [0.1, 0.15) is 0 Å². The third-order valence-corrected chi connectivity index (χ3v) is 0.584. The van der Waals surface area contributed by atoms with Gasteiger partial charge in [0.25, 0.3) is 0 Å². The Bertz CT molecular complexity index is 48.8. The Morgan fingerprint density at radius 1 is 2.00 bits per heavy atom. The molecule has 0 saturated heterocycles. The third-order valence-electron chi connectivity index (χ3n) is 0.139. The number of hydrogen-bond acceptors (Lipinski definition) is 4. The van der Waals surface area contributed by atoms with Crippen molar-refractivity contribution in [3.05, 3.63) is 0 Å². The predicted molar refractivity (Wildman–Crippen MR) is 12.9 cm³/mol. The Morgan fingerprint density at radius 2 is 2.50 bits per heavy atom. The van der Waals surface area contributed by atoms with Crippen LogP contribution in [-0.4, -0.2) is 7.80 Å². The maximum atomic E-state index is 9.60. The fraction of sp³-hybridized carbons (Fsp3) is 0. The first-order valence-corrected chi connectivity index (χ1v) is 2.33. The number of rotatable bonds is 1. The molecule has 0 amide bonds. The topological polar surface area (TPSA) is 72.5 Å². The SMILES string of the molecule is NO[C](=O)[Ag][OH]. The molecule has 0 heterocycles. The van der Waals surface area contributed by atoms with Crippen LogP contribution in [0.2, 0.25) is 0 Å². The molecule has 4 nitrogen and oxygen atoms in total. The van der Waals surface area contributed by atoms with Crippen molar-refractivity contribution in [2.45, 2.75) is 0 Å². The molecule has 0 aromatic carbocycles. The van der Waals surface area contributed by atoms with Crippen LogP contribution in [0.25, 0.3) is 0 Å². The Hall–Kier alpha value is 0.130. The predicted octanol–water partition coefficient (Wildman–Crippen LogP) is -1.01. The van der Waals surface area contributed by atoms with Gasteiger partial charge in [-0.15, -0.1) is 0 Å². The number of carbonyl (C=O) groups excluding carboxylic acids is 1. The van der Waals surface area contributed by atoms with E-state index in [1.54, 1.807) is 0 Å². The molecule has 0 radical (unpaired) electrons. The molecule has 3 N–H and O–H groups in total. The zero-order chi connectivity index (χ0) is 4.99. The zero-order valence-electron chi connectivity index (χ0n) is 2.64. The number of hydrogen-bond donors (Lipinski definition) is 2. The molecule has 0 aromatic rings. The van der Waals surface area contributed by atoms with Gasteiger partial charge >= 0.3 is 43.5 Å². The van der Waals surface area contributed by atoms with Crippen molar-refractivity contribution in [2.24, 2.45) is 5.90 Å². The van der Waals surface area contributed by atoms with E-state index in [9.17, 15) is 4.79 Å². The molecule has 0 rings (SSSR count). The zero-order valence-corrected chi connectivity index (χ0v) is 4.12. The maximum absolute atomic E-state index is 9.60. The van der Waals surface area contributed by atoms with E-state index in [-0.39, 0.29) is 0 Å². The fourth-order valence-corrected chi connectivity index (χ4v) is 0.0940. The van der Waals surface area contributed by atoms with Crippen LogP contribution in [0.4, 0.5) is 4.79 Å². The van der Waals surface area contributed by atoms with Gasteiger partial charge in [0.2, 0.25) is 0 Å². The van der Waals surface area contributed by atoms with E-state index in [0.29, 0.717) is 0 Å². The number of nitrogens with two attached hydrogens (primary N) is 1. The van der Waals surface area contributed by atoms with E-state index in [0.717, 1.165) is 0 Å². The summed E-state index contributed by atoms with van der Waals surface area (Å²) in [4.78, 5) is 13.1. The molecule has 0 aromatic heterocycles. The number of carbonyl (C=O) groups is 1. The summed E-state index contributed by atoms with van der Waals surface area (Å²) >= 11 is -0.870. The molecule has 0 aliphatic carbocycles. The van der Waals surface area contributed by atoms with Gasteiger partial charge in [-0.1, -0.05) is 0 Å². The monoisotopic (exact) mass is 184 g/mol. The van der Waals surface area contributed by atoms with Crippen molar-refractivity contribution in [2.75, 3.05) is 0 Å². The van der Waals surface area contributed by atoms with E-state index in [2.05, 4.69) is 10.7 Å². The van der Waals surface area contributed by atoms with Gasteiger partial charge in [0.15, 0.2) is 0 Å².